The topological polar surface area (TPSA) is 50.9 Å². The van der Waals surface area contributed by atoms with Gasteiger partial charge in [0, 0.05) is 16.5 Å². The number of benzene rings is 1. The molecule has 0 unspecified atom stereocenters. The molecule has 0 aliphatic rings. The van der Waals surface area contributed by atoms with E-state index in [1.807, 2.05) is 20.8 Å². The highest BCUT2D eigenvalue weighted by Gasteiger charge is 2.20. The third-order valence-electron chi connectivity index (χ3n) is 2.78. The predicted molar refractivity (Wildman–Crippen MR) is 73.2 cm³/mol. The molecule has 0 radical (unpaired) electrons. The maximum absolute atomic E-state index is 13.9. The van der Waals surface area contributed by atoms with Crippen LogP contribution in [-0.4, -0.2) is 4.98 Å². The zero-order valence-electron chi connectivity index (χ0n) is 10.5. The Bertz CT molecular complexity index is 605. The smallest absolute Gasteiger partial charge is 0.149 e. The molecule has 0 aliphatic carbocycles. The minimum absolute atomic E-state index is 0.200. The van der Waals surface area contributed by atoms with Gasteiger partial charge in [0.05, 0.1) is 10.7 Å². The standard InChI is InChI=1S/C13H15ClFN3/c1-13(2,3)10-6-9(18-16)11-7(14)4-5-8(15)12(11)17-10/h4-6H,16H2,1-3H3,(H,17,18). The third kappa shape index (κ3) is 2.13. The van der Waals surface area contributed by atoms with Crippen molar-refractivity contribution in [3.63, 3.8) is 0 Å². The van der Waals surface area contributed by atoms with Gasteiger partial charge in [-0.15, -0.1) is 0 Å². The summed E-state index contributed by atoms with van der Waals surface area (Å²) in [6.45, 7) is 6.01. The number of anilines is 1. The van der Waals surface area contributed by atoms with Crippen LogP contribution >= 0.6 is 11.6 Å². The first-order valence-corrected chi connectivity index (χ1v) is 5.98. The molecule has 2 aromatic rings. The summed E-state index contributed by atoms with van der Waals surface area (Å²) in [5.41, 5.74) is 3.93. The zero-order valence-corrected chi connectivity index (χ0v) is 11.3. The van der Waals surface area contributed by atoms with Crippen LogP contribution in [0.2, 0.25) is 5.02 Å². The number of pyridine rings is 1. The van der Waals surface area contributed by atoms with E-state index in [1.165, 1.54) is 12.1 Å². The van der Waals surface area contributed by atoms with Crippen molar-refractivity contribution in [2.45, 2.75) is 26.2 Å². The molecule has 1 heterocycles. The summed E-state index contributed by atoms with van der Waals surface area (Å²) < 4.78 is 13.9. The van der Waals surface area contributed by atoms with E-state index in [-0.39, 0.29) is 10.9 Å². The molecule has 0 atom stereocenters. The number of nitrogens with two attached hydrogens (primary N) is 1. The molecule has 5 heteroatoms. The summed E-state index contributed by atoms with van der Waals surface area (Å²) in [4.78, 5) is 4.36. The van der Waals surface area contributed by atoms with Crippen molar-refractivity contribution in [3.05, 3.63) is 34.7 Å². The number of aromatic nitrogens is 1. The van der Waals surface area contributed by atoms with E-state index in [1.54, 1.807) is 6.07 Å². The average Bonchev–Trinajstić information content (AvgIpc) is 2.31. The number of hydrogen-bond donors (Lipinski definition) is 2. The van der Waals surface area contributed by atoms with Crippen molar-refractivity contribution < 1.29 is 4.39 Å². The Labute approximate surface area is 110 Å². The molecule has 0 saturated carbocycles. The number of nitrogens with one attached hydrogen (secondary N) is 1. The van der Waals surface area contributed by atoms with Crippen molar-refractivity contribution >= 4 is 28.2 Å². The number of hydrogen-bond acceptors (Lipinski definition) is 3. The van der Waals surface area contributed by atoms with E-state index in [4.69, 9.17) is 17.4 Å². The highest BCUT2D eigenvalue weighted by Crippen LogP contribution is 2.34. The van der Waals surface area contributed by atoms with Crippen molar-refractivity contribution in [2.24, 2.45) is 5.84 Å². The van der Waals surface area contributed by atoms with Crippen LogP contribution in [-0.2, 0) is 5.41 Å². The Hall–Kier alpha value is -1.39. The number of nitrogens with zero attached hydrogens (tertiary/aromatic N) is 1. The summed E-state index contributed by atoms with van der Waals surface area (Å²) in [7, 11) is 0. The van der Waals surface area contributed by atoms with E-state index in [9.17, 15) is 4.39 Å². The van der Waals surface area contributed by atoms with Crippen molar-refractivity contribution in [2.75, 3.05) is 5.43 Å². The van der Waals surface area contributed by atoms with Crippen molar-refractivity contribution in [1.29, 1.82) is 0 Å². The first kappa shape index (κ1) is 13.1. The second-order valence-electron chi connectivity index (χ2n) is 5.20. The molecule has 3 N–H and O–H groups in total. The number of rotatable bonds is 1. The predicted octanol–water partition coefficient (Wildman–Crippen LogP) is 3.61. The van der Waals surface area contributed by atoms with Crippen LogP contribution in [0, 0.1) is 5.82 Å². The summed E-state index contributed by atoms with van der Waals surface area (Å²) in [6, 6.07) is 4.61. The van der Waals surface area contributed by atoms with Crippen LogP contribution < -0.4 is 11.3 Å². The molecule has 18 heavy (non-hydrogen) atoms. The normalized spacial score (nSPS) is 11.9. The van der Waals surface area contributed by atoms with E-state index in [0.29, 0.717) is 16.1 Å². The molecule has 1 aromatic heterocycles. The van der Waals surface area contributed by atoms with Gasteiger partial charge in [-0.3, -0.25) is 5.84 Å². The van der Waals surface area contributed by atoms with E-state index in [0.717, 1.165) is 5.69 Å². The second-order valence-corrected chi connectivity index (χ2v) is 5.61. The molecule has 0 saturated heterocycles. The van der Waals surface area contributed by atoms with Crippen LogP contribution in [0.25, 0.3) is 10.9 Å². The molecular weight excluding hydrogens is 253 g/mol. The van der Waals surface area contributed by atoms with Gasteiger partial charge in [-0.1, -0.05) is 32.4 Å². The Morgan fingerprint density at radius 2 is 2.00 bits per heavy atom. The van der Waals surface area contributed by atoms with Crippen LogP contribution in [0.1, 0.15) is 26.5 Å². The number of nitrogen functional groups attached to an aromatic ring is 1. The fourth-order valence-corrected chi connectivity index (χ4v) is 2.02. The largest absolute Gasteiger partial charge is 0.323 e. The van der Waals surface area contributed by atoms with E-state index >= 15 is 0 Å². The van der Waals surface area contributed by atoms with Gasteiger partial charge in [-0.2, -0.15) is 0 Å². The average molecular weight is 268 g/mol. The van der Waals surface area contributed by atoms with Gasteiger partial charge in [0.25, 0.3) is 0 Å². The summed E-state index contributed by atoms with van der Waals surface area (Å²) in [5.74, 6) is 5.08. The molecule has 0 spiro atoms. The first-order valence-electron chi connectivity index (χ1n) is 5.60. The summed E-state index contributed by atoms with van der Waals surface area (Å²) in [6.07, 6.45) is 0. The number of hydrazine groups is 1. The van der Waals surface area contributed by atoms with Crippen LogP contribution in [0.15, 0.2) is 18.2 Å². The fraction of sp³-hybridized carbons (Fsp3) is 0.308. The third-order valence-corrected chi connectivity index (χ3v) is 3.10. The van der Waals surface area contributed by atoms with Gasteiger partial charge in [0.2, 0.25) is 0 Å². The molecule has 0 amide bonds. The summed E-state index contributed by atoms with van der Waals surface area (Å²) >= 11 is 6.08. The van der Waals surface area contributed by atoms with Crippen LogP contribution in [0.3, 0.4) is 0 Å². The Morgan fingerprint density at radius 1 is 1.33 bits per heavy atom. The van der Waals surface area contributed by atoms with E-state index < -0.39 is 5.82 Å². The minimum Gasteiger partial charge on any atom is -0.323 e. The van der Waals surface area contributed by atoms with E-state index in [2.05, 4.69) is 10.4 Å². The molecule has 96 valence electrons. The lowest BCUT2D eigenvalue weighted by atomic mass is 9.91. The highest BCUT2D eigenvalue weighted by molar-refractivity contribution is 6.36. The molecule has 1 aromatic carbocycles. The Balaban J connectivity index is 2.88. The lowest BCUT2D eigenvalue weighted by Crippen LogP contribution is -2.16. The zero-order chi connectivity index (χ0) is 13.5. The minimum atomic E-state index is -0.406. The van der Waals surface area contributed by atoms with Crippen molar-refractivity contribution in [3.8, 4) is 0 Å². The quantitative estimate of drug-likeness (QED) is 0.613. The molecule has 2 rings (SSSR count). The lowest BCUT2D eigenvalue weighted by Gasteiger charge is -2.20. The summed E-state index contributed by atoms with van der Waals surface area (Å²) in [5, 5.41) is 0.930. The number of fused-ring (bicyclic) bond motifs is 1. The van der Waals surface area contributed by atoms with Crippen molar-refractivity contribution in [1.82, 2.24) is 4.98 Å². The highest BCUT2D eigenvalue weighted by atomic mass is 35.5. The van der Waals surface area contributed by atoms with Gasteiger partial charge in [-0.25, -0.2) is 9.37 Å². The first-order chi connectivity index (χ1) is 8.34. The monoisotopic (exact) mass is 267 g/mol. The molecule has 0 aliphatic heterocycles. The Morgan fingerprint density at radius 3 is 2.56 bits per heavy atom. The second kappa shape index (κ2) is 4.37. The van der Waals surface area contributed by atoms with Gasteiger partial charge >= 0.3 is 0 Å². The molecule has 3 nitrogen and oxygen atoms in total. The fourth-order valence-electron chi connectivity index (χ4n) is 1.77. The number of halogens is 2. The maximum Gasteiger partial charge on any atom is 0.149 e. The van der Waals surface area contributed by atoms with Gasteiger partial charge in [0.15, 0.2) is 0 Å². The van der Waals surface area contributed by atoms with Gasteiger partial charge in [0.1, 0.15) is 11.3 Å². The van der Waals surface area contributed by atoms with Gasteiger partial charge < -0.3 is 5.43 Å². The Kier molecular flexibility index (Phi) is 3.17. The maximum atomic E-state index is 13.9. The molecular formula is C13H15ClFN3. The lowest BCUT2D eigenvalue weighted by molar-refractivity contribution is 0.569. The SMILES string of the molecule is CC(C)(C)c1cc(NN)c2c(Cl)ccc(F)c2n1. The van der Waals surface area contributed by atoms with Crippen LogP contribution in [0.4, 0.5) is 10.1 Å². The molecule has 0 fully saturated rings. The van der Waals surface area contributed by atoms with Crippen LogP contribution in [0.5, 0.6) is 0 Å². The van der Waals surface area contributed by atoms with Gasteiger partial charge in [-0.05, 0) is 18.2 Å². The molecule has 0 bridgehead atoms.